The molecule has 2 aromatic carbocycles. The maximum atomic E-state index is 12.0. The van der Waals surface area contributed by atoms with Gasteiger partial charge >= 0.3 is 11.8 Å². The molecule has 10 heteroatoms. The van der Waals surface area contributed by atoms with Crippen molar-refractivity contribution in [3.8, 4) is 5.75 Å². The van der Waals surface area contributed by atoms with Gasteiger partial charge in [0.1, 0.15) is 5.75 Å². The average Bonchev–Trinajstić information content (AvgIpc) is 2.77. The zero-order chi connectivity index (χ0) is 22.5. The Morgan fingerprint density at radius 3 is 2.61 bits per heavy atom. The molecular formula is C21H23ClN4O5. The number of benzene rings is 2. The van der Waals surface area contributed by atoms with Crippen LogP contribution in [0.25, 0.3) is 0 Å². The van der Waals surface area contributed by atoms with Crippen molar-refractivity contribution in [3.63, 3.8) is 0 Å². The van der Waals surface area contributed by atoms with Gasteiger partial charge in [0, 0.05) is 31.0 Å². The minimum absolute atomic E-state index is 0.191. The molecule has 3 amide bonds. The van der Waals surface area contributed by atoms with Crippen molar-refractivity contribution in [1.82, 2.24) is 10.7 Å². The Labute approximate surface area is 184 Å². The first-order valence-electron chi connectivity index (χ1n) is 9.36. The quantitative estimate of drug-likeness (QED) is 0.223. The molecule has 0 saturated carbocycles. The van der Waals surface area contributed by atoms with Gasteiger partial charge in [-0.25, -0.2) is 5.43 Å². The molecule has 3 N–H and O–H groups in total. The molecule has 9 nitrogen and oxygen atoms in total. The first-order chi connectivity index (χ1) is 15.0. The van der Waals surface area contributed by atoms with Crippen LogP contribution >= 0.6 is 11.6 Å². The fourth-order valence-electron chi connectivity index (χ4n) is 2.28. The number of nitrogens with zero attached hydrogens (tertiary/aromatic N) is 1. The fraction of sp³-hybridized carbons (Fsp3) is 0.238. The second kappa shape index (κ2) is 13.0. The molecular weight excluding hydrogens is 424 g/mol. The van der Waals surface area contributed by atoms with E-state index in [1.165, 1.54) is 6.21 Å². The topological polar surface area (TPSA) is 118 Å². The monoisotopic (exact) mass is 446 g/mol. The van der Waals surface area contributed by atoms with Crippen molar-refractivity contribution in [2.75, 3.05) is 32.2 Å². The number of ether oxygens (including phenoxy) is 2. The number of amides is 3. The van der Waals surface area contributed by atoms with E-state index in [2.05, 4.69) is 21.2 Å². The van der Waals surface area contributed by atoms with Crippen molar-refractivity contribution in [2.45, 2.75) is 6.42 Å². The van der Waals surface area contributed by atoms with Crippen LogP contribution in [0, 0.1) is 0 Å². The molecule has 0 bridgehead atoms. The highest BCUT2D eigenvalue weighted by Gasteiger charge is 2.11. The normalized spacial score (nSPS) is 10.5. The summed E-state index contributed by atoms with van der Waals surface area (Å²) < 4.78 is 10.3. The zero-order valence-corrected chi connectivity index (χ0v) is 17.6. The molecule has 0 spiro atoms. The predicted octanol–water partition coefficient (Wildman–Crippen LogP) is 1.96. The summed E-state index contributed by atoms with van der Waals surface area (Å²) in [5, 5.41) is 9.47. The third-order valence-electron chi connectivity index (χ3n) is 3.75. The number of rotatable bonds is 10. The van der Waals surface area contributed by atoms with Gasteiger partial charge in [-0.2, -0.15) is 5.10 Å². The maximum Gasteiger partial charge on any atom is 0.329 e. The Morgan fingerprint density at radius 1 is 1.10 bits per heavy atom. The van der Waals surface area contributed by atoms with E-state index in [9.17, 15) is 14.4 Å². The van der Waals surface area contributed by atoms with E-state index >= 15 is 0 Å². The second-order valence-electron chi connectivity index (χ2n) is 6.22. The number of hydrogen-bond donors (Lipinski definition) is 3. The third-order valence-corrected chi connectivity index (χ3v) is 4.00. The van der Waals surface area contributed by atoms with Crippen LogP contribution in [0.3, 0.4) is 0 Å². The maximum absolute atomic E-state index is 12.0. The highest BCUT2D eigenvalue weighted by molar-refractivity contribution is 6.35. The van der Waals surface area contributed by atoms with Gasteiger partial charge < -0.3 is 20.1 Å². The molecule has 0 saturated heterocycles. The van der Waals surface area contributed by atoms with Crippen molar-refractivity contribution >= 4 is 41.2 Å². The summed E-state index contributed by atoms with van der Waals surface area (Å²) in [5.41, 5.74) is 3.36. The lowest BCUT2D eigenvalue weighted by atomic mass is 10.2. The molecule has 0 heterocycles. The van der Waals surface area contributed by atoms with Crippen LogP contribution < -0.4 is 20.8 Å². The first kappa shape index (κ1) is 23.8. The van der Waals surface area contributed by atoms with Crippen LogP contribution in [0.2, 0.25) is 5.02 Å². The van der Waals surface area contributed by atoms with Gasteiger partial charge in [-0.1, -0.05) is 23.7 Å². The number of methoxy groups -OCH3 is 1. The second-order valence-corrected chi connectivity index (χ2v) is 6.65. The number of hydrogen-bond acceptors (Lipinski definition) is 6. The summed E-state index contributed by atoms with van der Waals surface area (Å²) in [4.78, 5) is 35.3. The number of nitrogens with one attached hydrogen (secondary N) is 3. The Balaban J connectivity index is 1.77. The molecule has 2 rings (SSSR count). The van der Waals surface area contributed by atoms with Crippen molar-refractivity contribution < 1.29 is 23.9 Å². The molecule has 31 heavy (non-hydrogen) atoms. The van der Waals surface area contributed by atoms with E-state index in [1.807, 2.05) is 0 Å². The van der Waals surface area contributed by atoms with Crippen LogP contribution in [-0.4, -0.2) is 50.8 Å². The summed E-state index contributed by atoms with van der Waals surface area (Å²) in [7, 11) is 1.56. The molecule has 0 fully saturated rings. The lowest BCUT2D eigenvalue weighted by molar-refractivity contribution is -0.139. The van der Waals surface area contributed by atoms with Gasteiger partial charge in [0.25, 0.3) is 5.91 Å². The molecule has 164 valence electrons. The smallest absolute Gasteiger partial charge is 0.329 e. The largest absolute Gasteiger partial charge is 0.484 e. The fourth-order valence-corrected chi connectivity index (χ4v) is 2.40. The molecule has 0 aliphatic carbocycles. The highest BCUT2D eigenvalue weighted by atomic mass is 35.5. The summed E-state index contributed by atoms with van der Waals surface area (Å²) in [6.07, 6.45) is 1.96. The number of carbonyl (C=O) groups excluding carboxylic acids is 3. The van der Waals surface area contributed by atoms with E-state index in [-0.39, 0.29) is 12.5 Å². The number of halogens is 1. The van der Waals surface area contributed by atoms with Crippen LogP contribution in [0.5, 0.6) is 5.75 Å². The highest BCUT2D eigenvalue weighted by Crippen LogP contribution is 2.14. The van der Waals surface area contributed by atoms with Gasteiger partial charge in [0.15, 0.2) is 6.61 Å². The van der Waals surface area contributed by atoms with Crippen molar-refractivity contribution in [1.29, 1.82) is 0 Å². The lowest BCUT2D eigenvalue weighted by Gasteiger charge is -2.08. The van der Waals surface area contributed by atoms with E-state index in [0.717, 1.165) is 0 Å². The summed E-state index contributed by atoms with van der Waals surface area (Å²) in [6.45, 7) is 0.624. The number of hydrazone groups is 1. The first-order valence-corrected chi connectivity index (χ1v) is 9.74. The van der Waals surface area contributed by atoms with Crippen LogP contribution in [-0.2, 0) is 19.1 Å². The molecule has 0 aromatic heterocycles. The number of carbonyl (C=O) groups is 3. The van der Waals surface area contributed by atoms with Gasteiger partial charge in [0.2, 0.25) is 0 Å². The minimum atomic E-state index is -0.875. The molecule has 0 aliphatic rings. The molecule has 0 unspecified atom stereocenters. The zero-order valence-electron chi connectivity index (χ0n) is 16.9. The number of anilines is 1. The third kappa shape index (κ3) is 9.28. The van der Waals surface area contributed by atoms with E-state index < -0.39 is 11.8 Å². The molecule has 0 atom stereocenters. The SMILES string of the molecule is COCCCNC(=O)C(=O)N/N=C\c1cccc(OCC(=O)Nc2ccc(Cl)cc2)c1. The summed E-state index contributed by atoms with van der Waals surface area (Å²) in [6, 6.07) is 13.5. The van der Waals surface area contributed by atoms with Gasteiger partial charge in [-0.3, -0.25) is 14.4 Å². The Hall–Kier alpha value is -3.43. The Kier molecular flexibility index (Phi) is 9.99. The Morgan fingerprint density at radius 2 is 1.87 bits per heavy atom. The van der Waals surface area contributed by atoms with Crippen molar-refractivity contribution in [2.24, 2.45) is 5.10 Å². The van der Waals surface area contributed by atoms with Crippen LogP contribution in [0.1, 0.15) is 12.0 Å². The van der Waals surface area contributed by atoms with E-state index in [0.29, 0.717) is 41.6 Å². The summed E-state index contributed by atoms with van der Waals surface area (Å²) in [5.74, 6) is -1.54. The molecule has 0 radical (unpaired) electrons. The molecule has 2 aromatic rings. The summed E-state index contributed by atoms with van der Waals surface area (Å²) >= 11 is 5.81. The van der Waals surface area contributed by atoms with Gasteiger partial charge in [0.05, 0.1) is 6.21 Å². The van der Waals surface area contributed by atoms with Gasteiger partial charge in [-0.05, 0) is 48.4 Å². The van der Waals surface area contributed by atoms with E-state index in [1.54, 1.807) is 55.6 Å². The Bertz CT molecular complexity index is 918. The van der Waals surface area contributed by atoms with Crippen molar-refractivity contribution in [3.05, 3.63) is 59.1 Å². The van der Waals surface area contributed by atoms with Crippen LogP contribution in [0.4, 0.5) is 5.69 Å². The van der Waals surface area contributed by atoms with E-state index in [4.69, 9.17) is 21.1 Å². The lowest BCUT2D eigenvalue weighted by Crippen LogP contribution is -2.38. The molecule has 0 aliphatic heterocycles. The standard InChI is InChI=1S/C21H23ClN4O5/c1-30-11-3-10-23-20(28)21(29)26-24-13-15-4-2-5-18(12-15)31-14-19(27)25-17-8-6-16(22)7-9-17/h2,4-9,12-13H,3,10-11,14H2,1H3,(H,23,28)(H,25,27)(H,26,29)/b24-13-. The van der Waals surface area contributed by atoms with Gasteiger partial charge in [-0.15, -0.1) is 0 Å². The minimum Gasteiger partial charge on any atom is -0.484 e. The average molecular weight is 447 g/mol. The van der Waals surface area contributed by atoms with Crippen LogP contribution in [0.15, 0.2) is 53.6 Å². The predicted molar refractivity (Wildman–Crippen MR) is 117 cm³/mol.